The van der Waals surface area contributed by atoms with Gasteiger partial charge in [0.15, 0.2) is 5.78 Å². The molecule has 0 aliphatic heterocycles. The van der Waals surface area contributed by atoms with E-state index in [4.69, 9.17) is 0 Å². The molecule has 0 rings (SSSR count). The van der Waals surface area contributed by atoms with Crippen molar-refractivity contribution < 1.29 is 4.79 Å². The van der Waals surface area contributed by atoms with Crippen molar-refractivity contribution in [2.75, 3.05) is 13.1 Å². The van der Waals surface area contributed by atoms with Crippen molar-refractivity contribution in [3.8, 4) is 0 Å². The maximum Gasteiger partial charge on any atom is 0.159 e. The molecular formula is C10H19NOSi. The summed E-state index contributed by atoms with van der Waals surface area (Å²) in [6.07, 6.45) is 1.81. The largest absolute Gasteiger partial charge is 0.316 e. The van der Waals surface area contributed by atoms with E-state index in [9.17, 15) is 4.79 Å². The van der Waals surface area contributed by atoms with Crippen LogP contribution in [0.2, 0.25) is 12.6 Å². The third-order valence-electron chi connectivity index (χ3n) is 1.79. The Morgan fingerprint density at radius 2 is 2.15 bits per heavy atom. The molecule has 0 aliphatic carbocycles. The molecule has 0 aliphatic rings. The molecule has 0 saturated carbocycles. The van der Waals surface area contributed by atoms with Crippen molar-refractivity contribution in [3.05, 3.63) is 12.2 Å². The molecule has 0 unspecified atom stereocenters. The summed E-state index contributed by atoms with van der Waals surface area (Å²) < 4.78 is 0. The van der Waals surface area contributed by atoms with Crippen molar-refractivity contribution in [1.82, 2.24) is 5.32 Å². The second kappa shape index (κ2) is 8.20. The number of carbonyl (C=O) groups is 1. The first kappa shape index (κ1) is 12.6. The predicted octanol–water partition coefficient (Wildman–Crippen LogP) is 1.67. The molecular weight excluding hydrogens is 178 g/mol. The minimum Gasteiger partial charge on any atom is -0.316 e. The van der Waals surface area contributed by atoms with Crippen molar-refractivity contribution in [2.45, 2.75) is 32.4 Å². The summed E-state index contributed by atoms with van der Waals surface area (Å²) in [6.45, 7) is 9.41. The Kier molecular flexibility index (Phi) is 7.94. The van der Waals surface area contributed by atoms with Gasteiger partial charge >= 0.3 is 0 Å². The number of carbonyl (C=O) groups excluding carboxylic acids is 1. The number of ketones is 1. The molecule has 0 fully saturated rings. The van der Waals surface area contributed by atoms with Gasteiger partial charge in [0, 0.05) is 22.5 Å². The molecule has 74 valence electrons. The Bertz CT molecular complexity index is 168. The zero-order valence-corrected chi connectivity index (χ0v) is 9.65. The fraction of sp³-hybridized carbons (Fsp3) is 0.700. The van der Waals surface area contributed by atoms with Crippen LogP contribution >= 0.6 is 0 Å². The Morgan fingerprint density at radius 3 is 2.69 bits per heavy atom. The fourth-order valence-electron chi connectivity index (χ4n) is 0.930. The van der Waals surface area contributed by atoms with Gasteiger partial charge in [0.2, 0.25) is 0 Å². The minimum atomic E-state index is 0.171. The molecule has 0 aromatic rings. The van der Waals surface area contributed by atoms with Gasteiger partial charge < -0.3 is 5.32 Å². The molecule has 0 heterocycles. The zero-order chi connectivity index (χ0) is 10.1. The molecule has 0 spiro atoms. The van der Waals surface area contributed by atoms with Crippen LogP contribution in [0.5, 0.6) is 0 Å². The quantitative estimate of drug-likeness (QED) is 0.364. The van der Waals surface area contributed by atoms with Crippen molar-refractivity contribution >= 4 is 15.3 Å². The van der Waals surface area contributed by atoms with Gasteiger partial charge in [0.25, 0.3) is 0 Å². The Morgan fingerprint density at radius 1 is 1.46 bits per heavy atom. The Hall–Kier alpha value is -0.413. The van der Waals surface area contributed by atoms with Crippen LogP contribution in [0, 0.1) is 0 Å². The van der Waals surface area contributed by atoms with Crippen molar-refractivity contribution in [3.63, 3.8) is 0 Å². The van der Waals surface area contributed by atoms with Crippen molar-refractivity contribution in [2.24, 2.45) is 0 Å². The molecule has 13 heavy (non-hydrogen) atoms. The SMILES string of the molecule is C=C(C)C(=O)CCNCCC[Si]C. The lowest BCUT2D eigenvalue weighted by atomic mass is 10.2. The second-order valence-electron chi connectivity index (χ2n) is 3.16. The van der Waals surface area contributed by atoms with E-state index in [1.165, 1.54) is 12.5 Å². The summed E-state index contributed by atoms with van der Waals surface area (Å²) in [7, 11) is 1.04. The number of hydrogen-bond acceptors (Lipinski definition) is 2. The van der Waals surface area contributed by atoms with Gasteiger partial charge in [0.05, 0.1) is 0 Å². The maximum atomic E-state index is 11.1. The average Bonchev–Trinajstić information content (AvgIpc) is 2.10. The van der Waals surface area contributed by atoms with Gasteiger partial charge in [-0.15, -0.1) is 0 Å². The third-order valence-corrected chi connectivity index (χ3v) is 2.64. The fourth-order valence-corrected chi connectivity index (χ4v) is 1.46. The van der Waals surface area contributed by atoms with Gasteiger partial charge in [-0.3, -0.25) is 4.79 Å². The zero-order valence-electron chi connectivity index (χ0n) is 8.65. The smallest absolute Gasteiger partial charge is 0.159 e. The van der Waals surface area contributed by atoms with E-state index in [1.54, 1.807) is 6.92 Å². The summed E-state index contributed by atoms with van der Waals surface area (Å²) in [4.78, 5) is 11.1. The van der Waals surface area contributed by atoms with E-state index in [0.717, 1.165) is 22.6 Å². The number of hydrogen-bond donors (Lipinski definition) is 1. The maximum absolute atomic E-state index is 11.1. The van der Waals surface area contributed by atoms with Gasteiger partial charge in [-0.25, -0.2) is 0 Å². The minimum absolute atomic E-state index is 0.171. The second-order valence-corrected chi connectivity index (χ2v) is 4.37. The van der Waals surface area contributed by atoms with E-state index in [2.05, 4.69) is 18.4 Å². The number of allylic oxidation sites excluding steroid dienone is 1. The Balaban J connectivity index is 3.16. The molecule has 2 radical (unpaired) electrons. The molecule has 2 nitrogen and oxygen atoms in total. The van der Waals surface area contributed by atoms with Crippen LogP contribution in [0.1, 0.15) is 19.8 Å². The summed E-state index contributed by atoms with van der Waals surface area (Å²) in [5, 5.41) is 3.25. The average molecular weight is 197 g/mol. The summed E-state index contributed by atoms with van der Waals surface area (Å²) in [5.41, 5.74) is 0.664. The highest BCUT2D eigenvalue weighted by Crippen LogP contribution is 1.93. The van der Waals surface area contributed by atoms with Crippen molar-refractivity contribution in [1.29, 1.82) is 0 Å². The number of rotatable bonds is 8. The normalized spacial score (nSPS) is 10.0. The lowest BCUT2D eigenvalue weighted by Gasteiger charge is -2.02. The highest BCUT2D eigenvalue weighted by Gasteiger charge is 2.00. The highest BCUT2D eigenvalue weighted by atomic mass is 28.2. The van der Waals surface area contributed by atoms with Crippen LogP contribution in [0.15, 0.2) is 12.2 Å². The molecule has 0 atom stereocenters. The van der Waals surface area contributed by atoms with Gasteiger partial charge in [-0.05, 0) is 25.5 Å². The topological polar surface area (TPSA) is 29.1 Å². The third kappa shape index (κ3) is 7.93. The van der Waals surface area contributed by atoms with E-state index >= 15 is 0 Å². The van der Waals surface area contributed by atoms with Crippen LogP contribution in [0.4, 0.5) is 0 Å². The molecule has 1 N–H and O–H groups in total. The van der Waals surface area contributed by atoms with E-state index in [-0.39, 0.29) is 5.78 Å². The monoisotopic (exact) mass is 197 g/mol. The van der Waals surface area contributed by atoms with Crippen LogP contribution in [-0.4, -0.2) is 28.4 Å². The lowest BCUT2D eigenvalue weighted by molar-refractivity contribution is -0.115. The van der Waals surface area contributed by atoms with Gasteiger partial charge in [-0.2, -0.15) is 0 Å². The predicted molar refractivity (Wildman–Crippen MR) is 58.3 cm³/mol. The highest BCUT2D eigenvalue weighted by molar-refractivity contribution is 6.33. The number of Topliss-reactive ketones (excluding diaryl/α,β-unsaturated/α-hetero) is 1. The standard InChI is InChI=1S/C10H19NOSi/c1-9(2)10(12)5-7-11-6-4-8-13-3/h11H,1,4-8H2,2-3H3. The summed E-state index contributed by atoms with van der Waals surface area (Å²) >= 11 is 0. The first-order chi connectivity index (χ1) is 6.18. The lowest BCUT2D eigenvalue weighted by Crippen LogP contribution is -2.19. The first-order valence-corrected chi connectivity index (χ1v) is 6.43. The van der Waals surface area contributed by atoms with E-state index < -0.39 is 0 Å². The molecule has 0 aromatic carbocycles. The molecule has 0 aromatic heterocycles. The van der Waals surface area contributed by atoms with Crippen LogP contribution < -0.4 is 5.32 Å². The summed E-state index contributed by atoms with van der Waals surface area (Å²) in [5.74, 6) is 0.171. The Labute approximate surface area is 83.6 Å². The van der Waals surface area contributed by atoms with Gasteiger partial charge in [-0.1, -0.05) is 19.2 Å². The van der Waals surface area contributed by atoms with E-state index in [0.29, 0.717) is 12.0 Å². The molecule has 0 bridgehead atoms. The summed E-state index contributed by atoms with van der Waals surface area (Å²) in [6, 6.07) is 1.29. The first-order valence-electron chi connectivity index (χ1n) is 4.72. The molecule has 0 saturated heterocycles. The van der Waals surface area contributed by atoms with Crippen LogP contribution in [-0.2, 0) is 4.79 Å². The van der Waals surface area contributed by atoms with E-state index in [1.807, 2.05) is 0 Å². The van der Waals surface area contributed by atoms with Gasteiger partial charge in [0.1, 0.15) is 0 Å². The van der Waals surface area contributed by atoms with Crippen LogP contribution in [0.3, 0.4) is 0 Å². The van der Waals surface area contributed by atoms with Crippen LogP contribution in [0.25, 0.3) is 0 Å². The number of nitrogens with one attached hydrogen (secondary N) is 1. The molecule has 0 amide bonds. The molecule has 3 heteroatoms.